The Kier molecular flexibility index (Phi) is 2.81. The van der Waals surface area contributed by atoms with Gasteiger partial charge in [0, 0.05) is 0 Å². The maximum atomic E-state index is 11.1. The molecule has 0 saturated heterocycles. The number of carbonyl (C=O) groups is 1. The van der Waals surface area contributed by atoms with Crippen molar-refractivity contribution < 1.29 is 19.4 Å². The first-order chi connectivity index (χ1) is 7.72. The molecule has 0 aliphatic carbocycles. The highest BCUT2D eigenvalue weighted by Gasteiger charge is 2.21. The van der Waals surface area contributed by atoms with Gasteiger partial charge in [-0.2, -0.15) is 0 Å². The fraction of sp³-hybridized carbons (Fsp3) is 0.250. The molecule has 0 saturated carbocycles. The van der Waals surface area contributed by atoms with E-state index in [0.717, 1.165) is 0 Å². The van der Waals surface area contributed by atoms with Gasteiger partial charge < -0.3 is 14.6 Å². The van der Waals surface area contributed by atoms with Crippen LogP contribution in [0.2, 0.25) is 0 Å². The molecule has 2 rings (SSSR count). The van der Waals surface area contributed by atoms with Crippen LogP contribution in [0.4, 0.5) is 0 Å². The minimum absolute atomic E-state index is 0.192. The summed E-state index contributed by atoms with van der Waals surface area (Å²) in [6, 6.07) is 5.19. The summed E-state index contributed by atoms with van der Waals surface area (Å²) in [6.45, 7) is 3.75. The lowest BCUT2D eigenvalue weighted by Gasteiger charge is -2.10. The lowest BCUT2D eigenvalue weighted by atomic mass is 9.95. The van der Waals surface area contributed by atoms with Gasteiger partial charge in [-0.3, -0.25) is 4.79 Å². The van der Waals surface area contributed by atoms with Crippen molar-refractivity contribution in [1.82, 2.24) is 0 Å². The molecule has 0 amide bonds. The quantitative estimate of drug-likeness (QED) is 0.790. The van der Waals surface area contributed by atoms with Gasteiger partial charge in [-0.1, -0.05) is 12.1 Å². The number of carboxylic acid groups (broad SMARTS) is 1. The SMILES string of the molecule is C=CCC(C(=O)O)c1ccc2c(c1)OCO2. The minimum Gasteiger partial charge on any atom is -0.481 e. The third-order valence-electron chi connectivity index (χ3n) is 2.50. The molecule has 1 N–H and O–H groups in total. The standard InChI is InChI=1S/C12H12O4/c1-2-3-9(12(13)14)8-4-5-10-11(6-8)16-7-15-10/h2,4-6,9H,1,3,7H2,(H,13,14). The average molecular weight is 220 g/mol. The number of fused-ring (bicyclic) bond motifs is 1. The molecule has 1 aromatic carbocycles. The third-order valence-corrected chi connectivity index (χ3v) is 2.50. The Labute approximate surface area is 93.1 Å². The molecule has 4 nitrogen and oxygen atoms in total. The van der Waals surface area contributed by atoms with Gasteiger partial charge in [0.1, 0.15) is 0 Å². The van der Waals surface area contributed by atoms with Gasteiger partial charge in [0.15, 0.2) is 11.5 Å². The first-order valence-corrected chi connectivity index (χ1v) is 4.95. The molecule has 0 bridgehead atoms. The van der Waals surface area contributed by atoms with E-state index in [1.165, 1.54) is 0 Å². The fourth-order valence-corrected chi connectivity index (χ4v) is 1.68. The summed E-state index contributed by atoms with van der Waals surface area (Å²) in [6.07, 6.45) is 2.00. The fourth-order valence-electron chi connectivity index (χ4n) is 1.68. The molecular weight excluding hydrogens is 208 g/mol. The van der Waals surface area contributed by atoms with E-state index in [9.17, 15) is 4.79 Å². The Balaban J connectivity index is 2.31. The normalized spacial score (nSPS) is 14.5. The zero-order valence-corrected chi connectivity index (χ0v) is 8.68. The Bertz CT molecular complexity index is 425. The predicted octanol–water partition coefficient (Wildman–Crippen LogP) is 2.16. The molecule has 84 valence electrons. The Hall–Kier alpha value is -1.97. The van der Waals surface area contributed by atoms with Crippen LogP contribution in [-0.4, -0.2) is 17.9 Å². The van der Waals surface area contributed by atoms with Crippen LogP contribution in [0.1, 0.15) is 17.9 Å². The number of allylic oxidation sites excluding steroid dienone is 1. The van der Waals surface area contributed by atoms with Crippen molar-refractivity contribution >= 4 is 5.97 Å². The highest BCUT2D eigenvalue weighted by molar-refractivity contribution is 5.76. The topological polar surface area (TPSA) is 55.8 Å². The highest BCUT2D eigenvalue weighted by atomic mass is 16.7. The monoisotopic (exact) mass is 220 g/mol. The Morgan fingerprint density at radius 1 is 1.50 bits per heavy atom. The largest absolute Gasteiger partial charge is 0.481 e. The zero-order chi connectivity index (χ0) is 11.5. The van der Waals surface area contributed by atoms with Gasteiger partial charge in [0.25, 0.3) is 0 Å². The first-order valence-electron chi connectivity index (χ1n) is 4.95. The van der Waals surface area contributed by atoms with Crippen LogP contribution in [-0.2, 0) is 4.79 Å². The van der Waals surface area contributed by atoms with Crippen molar-refractivity contribution in [3.05, 3.63) is 36.4 Å². The summed E-state index contributed by atoms with van der Waals surface area (Å²) < 4.78 is 10.4. The van der Waals surface area contributed by atoms with Gasteiger partial charge in [0.2, 0.25) is 6.79 Å². The molecule has 16 heavy (non-hydrogen) atoms. The third kappa shape index (κ3) is 1.86. The van der Waals surface area contributed by atoms with E-state index in [-0.39, 0.29) is 6.79 Å². The minimum atomic E-state index is -0.862. The average Bonchev–Trinajstić information content (AvgIpc) is 2.72. The van der Waals surface area contributed by atoms with Crippen LogP contribution in [0.25, 0.3) is 0 Å². The van der Waals surface area contributed by atoms with Gasteiger partial charge in [-0.05, 0) is 24.1 Å². The van der Waals surface area contributed by atoms with E-state index in [0.29, 0.717) is 23.5 Å². The maximum Gasteiger partial charge on any atom is 0.311 e. The molecule has 1 aliphatic rings. The number of benzene rings is 1. The van der Waals surface area contributed by atoms with E-state index in [4.69, 9.17) is 14.6 Å². The number of hydrogen-bond donors (Lipinski definition) is 1. The van der Waals surface area contributed by atoms with E-state index in [1.807, 2.05) is 0 Å². The zero-order valence-electron chi connectivity index (χ0n) is 8.68. The smallest absolute Gasteiger partial charge is 0.311 e. The second kappa shape index (κ2) is 4.26. The van der Waals surface area contributed by atoms with E-state index < -0.39 is 11.9 Å². The van der Waals surface area contributed by atoms with Gasteiger partial charge in [0.05, 0.1) is 5.92 Å². The summed E-state index contributed by atoms with van der Waals surface area (Å²) in [5.41, 5.74) is 0.705. The Morgan fingerprint density at radius 3 is 2.94 bits per heavy atom. The molecule has 1 aromatic rings. The van der Waals surface area contributed by atoms with Crippen molar-refractivity contribution in [2.24, 2.45) is 0 Å². The van der Waals surface area contributed by atoms with Crippen molar-refractivity contribution in [1.29, 1.82) is 0 Å². The van der Waals surface area contributed by atoms with Gasteiger partial charge in [-0.15, -0.1) is 6.58 Å². The summed E-state index contributed by atoms with van der Waals surface area (Å²) in [7, 11) is 0. The van der Waals surface area contributed by atoms with Gasteiger partial charge in [-0.25, -0.2) is 0 Å². The van der Waals surface area contributed by atoms with Crippen molar-refractivity contribution in [2.45, 2.75) is 12.3 Å². The maximum absolute atomic E-state index is 11.1. The highest BCUT2D eigenvalue weighted by Crippen LogP contribution is 2.35. The van der Waals surface area contributed by atoms with Crippen LogP contribution >= 0.6 is 0 Å². The lowest BCUT2D eigenvalue weighted by Crippen LogP contribution is -2.10. The van der Waals surface area contributed by atoms with E-state index >= 15 is 0 Å². The number of aliphatic carboxylic acids is 1. The summed E-state index contributed by atoms with van der Waals surface area (Å²) in [5, 5.41) is 9.09. The molecule has 1 aliphatic heterocycles. The molecule has 0 radical (unpaired) electrons. The molecular formula is C12H12O4. The second-order valence-corrected chi connectivity index (χ2v) is 3.53. The van der Waals surface area contributed by atoms with Crippen LogP contribution in [0.3, 0.4) is 0 Å². The number of ether oxygens (including phenoxy) is 2. The number of hydrogen-bond acceptors (Lipinski definition) is 3. The lowest BCUT2D eigenvalue weighted by molar-refractivity contribution is -0.138. The van der Waals surface area contributed by atoms with Crippen LogP contribution in [0.15, 0.2) is 30.9 Å². The number of rotatable bonds is 4. The molecule has 0 aromatic heterocycles. The molecule has 1 unspecified atom stereocenters. The second-order valence-electron chi connectivity index (χ2n) is 3.53. The molecule has 4 heteroatoms. The molecule has 0 fully saturated rings. The summed E-state index contributed by atoms with van der Waals surface area (Å²) in [5.74, 6) is -0.176. The van der Waals surface area contributed by atoms with Gasteiger partial charge >= 0.3 is 5.97 Å². The van der Waals surface area contributed by atoms with Crippen LogP contribution in [0, 0.1) is 0 Å². The number of carboxylic acids is 1. The molecule has 1 heterocycles. The Morgan fingerprint density at radius 2 is 2.25 bits per heavy atom. The predicted molar refractivity (Wildman–Crippen MR) is 57.8 cm³/mol. The first kappa shape index (κ1) is 10.5. The van der Waals surface area contributed by atoms with Crippen LogP contribution < -0.4 is 9.47 Å². The summed E-state index contributed by atoms with van der Waals surface area (Å²) in [4.78, 5) is 11.1. The summed E-state index contributed by atoms with van der Waals surface area (Å²) >= 11 is 0. The molecule has 0 spiro atoms. The van der Waals surface area contributed by atoms with Crippen molar-refractivity contribution in [3.8, 4) is 11.5 Å². The van der Waals surface area contributed by atoms with Crippen molar-refractivity contribution in [3.63, 3.8) is 0 Å². The van der Waals surface area contributed by atoms with E-state index in [2.05, 4.69) is 6.58 Å². The van der Waals surface area contributed by atoms with E-state index in [1.54, 1.807) is 24.3 Å². The molecule has 1 atom stereocenters. The van der Waals surface area contributed by atoms with Crippen molar-refractivity contribution in [2.75, 3.05) is 6.79 Å². The van der Waals surface area contributed by atoms with Crippen LogP contribution in [0.5, 0.6) is 11.5 Å².